The molecule has 0 aliphatic heterocycles. The van der Waals surface area contributed by atoms with Gasteiger partial charge in [0.05, 0.1) is 0 Å². The van der Waals surface area contributed by atoms with Gasteiger partial charge in [-0.05, 0) is 57.6 Å². The fourth-order valence-electron chi connectivity index (χ4n) is 2.17. The van der Waals surface area contributed by atoms with E-state index in [0.717, 1.165) is 5.76 Å². The Balaban J connectivity index is 3.32. The molecule has 0 N–H and O–H groups in total. The van der Waals surface area contributed by atoms with Gasteiger partial charge in [0.2, 0.25) is 8.32 Å². The van der Waals surface area contributed by atoms with Crippen LogP contribution in [-0.2, 0) is 4.43 Å². The third kappa shape index (κ3) is 3.88. The lowest BCUT2D eigenvalue weighted by atomic mass is 9.98. The van der Waals surface area contributed by atoms with Crippen molar-refractivity contribution in [1.82, 2.24) is 0 Å². The van der Waals surface area contributed by atoms with Crippen molar-refractivity contribution in [3.05, 3.63) is 53.1 Å². The Morgan fingerprint density at radius 1 is 1.11 bits per heavy atom. The van der Waals surface area contributed by atoms with Crippen molar-refractivity contribution in [2.75, 3.05) is 0 Å². The lowest BCUT2D eigenvalue weighted by molar-refractivity contribution is 0.513. The molecule has 0 aromatic heterocycles. The normalized spacial score (nSPS) is 12.4. The van der Waals surface area contributed by atoms with E-state index in [9.17, 15) is 0 Å². The molecular weight excluding hydrogens is 236 g/mol. The summed E-state index contributed by atoms with van der Waals surface area (Å²) >= 11 is 0. The Morgan fingerprint density at radius 3 is 2.00 bits per heavy atom. The minimum Gasteiger partial charge on any atom is -0.544 e. The molecule has 2 heteroatoms. The average molecular weight is 260 g/mol. The molecule has 98 valence electrons. The molecule has 0 heterocycles. The van der Waals surface area contributed by atoms with E-state index in [1.54, 1.807) is 6.08 Å². The van der Waals surface area contributed by atoms with Crippen molar-refractivity contribution in [1.29, 1.82) is 0 Å². The molecule has 1 aromatic rings. The summed E-state index contributed by atoms with van der Waals surface area (Å²) in [4.78, 5) is 0. The lowest BCUT2D eigenvalue weighted by Gasteiger charge is -2.24. The highest BCUT2D eigenvalue weighted by Gasteiger charge is 2.20. The zero-order valence-corrected chi connectivity index (χ0v) is 13.4. The Kier molecular flexibility index (Phi) is 4.57. The highest BCUT2D eigenvalue weighted by atomic mass is 28.4. The molecule has 0 bridgehead atoms. The van der Waals surface area contributed by atoms with E-state index < -0.39 is 8.32 Å². The second-order valence-corrected chi connectivity index (χ2v) is 10.2. The molecule has 0 aliphatic carbocycles. The summed E-state index contributed by atoms with van der Waals surface area (Å²) in [7, 11) is -1.62. The first-order valence-electron chi connectivity index (χ1n) is 6.34. The Morgan fingerprint density at radius 2 is 1.61 bits per heavy atom. The number of benzene rings is 1. The Hall–Kier alpha value is -1.28. The maximum atomic E-state index is 6.19. The van der Waals surface area contributed by atoms with Gasteiger partial charge < -0.3 is 4.43 Å². The maximum Gasteiger partial charge on any atom is 0.242 e. The van der Waals surface area contributed by atoms with Gasteiger partial charge in [0.15, 0.2) is 0 Å². The summed E-state index contributed by atoms with van der Waals surface area (Å²) < 4.78 is 6.19. The van der Waals surface area contributed by atoms with Gasteiger partial charge in [0, 0.05) is 5.56 Å². The van der Waals surface area contributed by atoms with Crippen molar-refractivity contribution < 1.29 is 4.43 Å². The van der Waals surface area contributed by atoms with E-state index in [0.29, 0.717) is 0 Å². The molecular formula is C16H24OSi. The van der Waals surface area contributed by atoms with E-state index in [1.807, 2.05) is 6.08 Å². The van der Waals surface area contributed by atoms with Gasteiger partial charge in [0.1, 0.15) is 5.76 Å². The van der Waals surface area contributed by atoms with Gasteiger partial charge in [-0.25, -0.2) is 0 Å². The van der Waals surface area contributed by atoms with E-state index in [1.165, 1.54) is 22.3 Å². The van der Waals surface area contributed by atoms with Crippen molar-refractivity contribution in [3.8, 4) is 0 Å². The van der Waals surface area contributed by atoms with Gasteiger partial charge in [0.25, 0.3) is 0 Å². The summed E-state index contributed by atoms with van der Waals surface area (Å²) in [5, 5.41) is 0. The SMILES string of the molecule is C=C/C=C(/O[Si](C)(C)C)c1c(C)cc(C)cc1C. The number of hydrogen-bond acceptors (Lipinski definition) is 1. The molecule has 0 fully saturated rings. The zero-order chi connectivity index (χ0) is 13.9. The lowest BCUT2D eigenvalue weighted by Crippen LogP contribution is -2.24. The molecule has 0 unspecified atom stereocenters. The molecule has 18 heavy (non-hydrogen) atoms. The molecule has 0 saturated heterocycles. The first-order valence-corrected chi connectivity index (χ1v) is 9.75. The van der Waals surface area contributed by atoms with Crippen LogP contribution in [0.25, 0.3) is 5.76 Å². The van der Waals surface area contributed by atoms with Crippen LogP contribution in [0.5, 0.6) is 0 Å². The summed E-state index contributed by atoms with van der Waals surface area (Å²) in [6.45, 7) is 16.8. The van der Waals surface area contributed by atoms with Crippen LogP contribution in [-0.4, -0.2) is 8.32 Å². The monoisotopic (exact) mass is 260 g/mol. The number of hydrogen-bond donors (Lipinski definition) is 0. The van der Waals surface area contributed by atoms with E-state index in [4.69, 9.17) is 4.43 Å². The molecule has 0 radical (unpaired) electrons. The van der Waals surface area contributed by atoms with E-state index in [2.05, 4.69) is 59.1 Å². The second-order valence-electron chi connectivity index (χ2n) is 5.75. The largest absolute Gasteiger partial charge is 0.544 e. The molecule has 0 saturated carbocycles. The van der Waals surface area contributed by atoms with Gasteiger partial charge in [-0.15, -0.1) is 0 Å². The standard InChI is InChI=1S/C16H24OSi/c1-8-9-15(17-18(5,6)7)16-13(3)10-12(2)11-14(16)4/h8-11H,1H2,2-7H3/b15-9+. The van der Waals surface area contributed by atoms with Crippen LogP contribution in [0.15, 0.2) is 30.9 Å². The fourth-order valence-corrected chi connectivity index (χ4v) is 3.00. The molecule has 1 rings (SSSR count). The van der Waals surface area contributed by atoms with Gasteiger partial charge in [-0.2, -0.15) is 0 Å². The fraction of sp³-hybridized carbons (Fsp3) is 0.375. The zero-order valence-electron chi connectivity index (χ0n) is 12.4. The summed E-state index contributed by atoms with van der Waals surface area (Å²) in [5.74, 6) is 0.958. The van der Waals surface area contributed by atoms with Crippen molar-refractivity contribution >= 4 is 14.1 Å². The molecule has 0 amide bonds. The molecule has 1 aromatic carbocycles. The van der Waals surface area contributed by atoms with Gasteiger partial charge in [-0.3, -0.25) is 0 Å². The molecule has 0 aliphatic rings. The van der Waals surface area contributed by atoms with Gasteiger partial charge in [-0.1, -0.05) is 30.4 Å². The maximum absolute atomic E-state index is 6.19. The summed E-state index contributed by atoms with van der Waals surface area (Å²) in [6, 6.07) is 4.40. The first kappa shape index (κ1) is 14.8. The number of allylic oxidation sites excluding steroid dienone is 2. The van der Waals surface area contributed by atoms with Crippen LogP contribution in [0.4, 0.5) is 0 Å². The topological polar surface area (TPSA) is 9.23 Å². The van der Waals surface area contributed by atoms with Crippen LogP contribution >= 0.6 is 0 Å². The minimum absolute atomic E-state index is 0.958. The van der Waals surface area contributed by atoms with Gasteiger partial charge >= 0.3 is 0 Å². The predicted octanol–water partition coefficient (Wildman–Crippen LogP) is 4.99. The highest BCUT2D eigenvalue weighted by Crippen LogP contribution is 2.28. The van der Waals surface area contributed by atoms with Crippen LogP contribution in [0.1, 0.15) is 22.3 Å². The Labute approximate surface area is 112 Å². The molecule has 1 nitrogen and oxygen atoms in total. The molecule has 0 atom stereocenters. The average Bonchev–Trinajstić information content (AvgIpc) is 2.13. The summed E-state index contributed by atoms with van der Waals surface area (Å²) in [5.41, 5.74) is 5.03. The van der Waals surface area contributed by atoms with Crippen LogP contribution in [0.2, 0.25) is 19.6 Å². The van der Waals surface area contributed by atoms with Crippen molar-refractivity contribution in [3.63, 3.8) is 0 Å². The van der Waals surface area contributed by atoms with Crippen LogP contribution < -0.4 is 0 Å². The van der Waals surface area contributed by atoms with Crippen LogP contribution in [0, 0.1) is 20.8 Å². The van der Waals surface area contributed by atoms with Crippen molar-refractivity contribution in [2.24, 2.45) is 0 Å². The Bertz CT molecular complexity index is 455. The number of aryl methyl sites for hydroxylation is 3. The quantitative estimate of drug-likeness (QED) is 0.421. The third-order valence-corrected chi connectivity index (χ3v) is 3.44. The van der Waals surface area contributed by atoms with Crippen LogP contribution in [0.3, 0.4) is 0 Å². The first-order chi connectivity index (χ1) is 8.24. The second kappa shape index (κ2) is 5.57. The summed E-state index contributed by atoms with van der Waals surface area (Å²) in [6.07, 6.45) is 3.77. The minimum atomic E-state index is -1.62. The predicted molar refractivity (Wildman–Crippen MR) is 83.3 cm³/mol. The third-order valence-electron chi connectivity index (χ3n) is 2.61. The van der Waals surface area contributed by atoms with E-state index in [-0.39, 0.29) is 0 Å². The molecule has 0 spiro atoms. The van der Waals surface area contributed by atoms with Crippen molar-refractivity contribution in [2.45, 2.75) is 40.4 Å². The smallest absolute Gasteiger partial charge is 0.242 e. The van der Waals surface area contributed by atoms with E-state index >= 15 is 0 Å². The number of rotatable bonds is 4. The highest BCUT2D eigenvalue weighted by molar-refractivity contribution is 6.70.